The summed E-state index contributed by atoms with van der Waals surface area (Å²) in [4.78, 5) is 12.2. The van der Waals surface area contributed by atoms with Crippen LogP contribution in [0.1, 0.15) is 12.8 Å². The molecule has 7 heteroatoms. The monoisotopic (exact) mass is 277 g/mol. The van der Waals surface area contributed by atoms with Gasteiger partial charge in [-0.3, -0.25) is 4.79 Å². The molecule has 0 aromatic heterocycles. The zero-order valence-electron chi connectivity index (χ0n) is 10.3. The minimum atomic E-state index is -1.71. The molecule has 1 aromatic carbocycles. The Morgan fingerprint density at radius 1 is 1.05 bits per heavy atom. The SMILES string of the molecule is CN(C)c1c(F)c(F)c(OC(=O)C2CC2)c(F)c1F. The summed E-state index contributed by atoms with van der Waals surface area (Å²) in [5.41, 5.74) is -0.860. The lowest BCUT2D eigenvalue weighted by Crippen LogP contribution is -2.18. The molecule has 0 aliphatic heterocycles. The standard InChI is InChI=1S/C12H11F4NO2/c1-17(2)10-6(13)8(15)11(9(16)7(10)14)19-12(18)5-3-4-5/h5H,3-4H2,1-2H3. The lowest BCUT2D eigenvalue weighted by molar-refractivity contribution is -0.136. The van der Waals surface area contributed by atoms with Gasteiger partial charge in [-0.05, 0) is 12.8 Å². The van der Waals surface area contributed by atoms with Gasteiger partial charge in [-0.2, -0.15) is 8.78 Å². The molecule has 1 aliphatic carbocycles. The van der Waals surface area contributed by atoms with E-state index in [1.165, 1.54) is 14.1 Å². The number of nitrogens with zero attached hydrogens (tertiary/aromatic N) is 1. The number of esters is 1. The number of carbonyl (C=O) groups is 1. The van der Waals surface area contributed by atoms with E-state index >= 15 is 0 Å². The molecule has 1 aromatic rings. The molecule has 0 atom stereocenters. The second-order valence-electron chi connectivity index (χ2n) is 4.52. The van der Waals surface area contributed by atoms with Crippen molar-refractivity contribution in [1.82, 2.24) is 0 Å². The number of hydrogen-bond acceptors (Lipinski definition) is 3. The first-order chi connectivity index (χ1) is 8.84. The van der Waals surface area contributed by atoms with E-state index in [0.29, 0.717) is 12.8 Å². The Morgan fingerprint density at radius 3 is 1.89 bits per heavy atom. The molecule has 0 N–H and O–H groups in total. The molecular formula is C12H11F4NO2. The number of anilines is 1. The maximum absolute atomic E-state index is 13.6. The van der Waals surface area contributed by atoms with Gasteiger partial charge in [-0.15, -0.1) is 0 Å². The Hall–Kier alpha value is -1.79. The molecule has 3 nitrogen and oxygen atoms in total. The zero-order chi connectivity index (χ0) is 14.3. The highest BCUT2D eigenvalue weighted by Crippen LogP contribution is 2.36. The molecule has 0 bridgehead atoms. The molecule has 0 saturated heterocycles. The smallest absolute Gasteiger partial charge is 0.314 e. The first-order valence-corrected chi connectivity index (χ1v) is 5.59. The average molecular weight is 277 g/mol. The third-order valence-electron chi connectivity index (χ3n) is 2.76. The van der Waals surface area contributed by atoms with Gasteiger partial charge in [0.15, 0.2) is 11.6 Å². The van der Waals surface area contributed by atoms with Crippen LogP contribution in [0, 0.1) is 29.2 Å². The van der Waals surface area contributed by atoms with Crippen molar-refractivity contribution in [1.29, 1.82) is 0 Å². The Kier molecular flexibility index (Phi) is 3.38. The van der Waals surface area contributed by atoms with E-state index in [9.17, 15) is 22.4 Å². The number of halogens is 4. The lowest BCUT2D eigenvalue weighted by atomic mass is 10.2. The van der Waals surface area contributed by atoms with Crippen LogP contribution < -0.4 is 9.64 Å². The van der Waals surface area contributed by atoms with Crippen LogP contribution in [0.5, 0.6) is 5.75 Å². The molecule has 0 amide bonds. The molecular weight excluding hydrogens is 266 g/mol. The van der Waals surface area contributed by atoms with E-state index in [2.05, 4.69) is 4.74 Å². The fourth-order valence-electron chi connectivity index (χ4n) is 1.59. The molecule has 0 spiro atoms. The summed E-state index contributed by atoms with van der Waals surface area (Å²) in [5, 5.41) is 0. The lowest BCUT2D eigenvalue weighted by Gasteiger charge is -2.17. The molecule has 0 radical (unpaired) electrons. The van der Waals surface area contributed by atoms with Crippen LogP contribution in [0.25, 0.3) is 0 Å². The van der Waals surface area contributed by atoms with Crippen molar-refractivity contribution in [2.24, 2.45) is 5.92 Å². The van der Waals surface area contributed by atoms with Gasteiger partial charge >= 0.3 is 5.97 Å². The van der Waals surface area contributed by atoms with Crippen molar-refractivity contribution in [3.05, 3.63) is 23.3 Å². The van der Waals surface area contributed by atoms with Crippen LogP contribution in [0.3, 0.4) is 0 Å². The fraction of sp³-hybridized carbons (Fsp3) is 0.417. The first kappa shape index (κ1) is 13.6. The van der Waals surface area contributed by atoms with Gasteiger partial charge in [-0.1, -0.05) is 0 Å². The second kappa shape index (κ2) is 4.71. The van der Waals surface area contributed by atoms with E-state index in [4.69, 9.17) is 0 Å². The summed E-state index contributed by atoms with van der Waals surface area (Å²) in [6.07, 6.45) is 1.09. The minimum absolute atomic E-state index is 0.446. The van der Waals surface area contributed by atoms with Gasteiger partial charge in [0.05, 0.1) is 5.92 Å². The highest BCUT2D eigenvalue weighted by Gasteiger charge is 2.35. The third kappa shape index (κ3) is 2.36. The Morgan fingerprint density at radius 2 is 1.53 bits per heavy atom. The van der Waals surface area contributed by atoms with Gasteiger partial charge < -0.3 is 9.64 Å². The van der Waals surface area contributed by atoms with Gasteiger partial charge in [-0.25, -0.2) is 8.78 Å². The molecule has 2 rings (SSSR count). The number of rotatable bonds is 3. The van der Waals surface area contributed by atoms with Crippen molar-refractivity contribution < 1.29 is 27.1 Å². The summed E-state index contributed by atoms with van der Waals surface area (Å²) >= 11 is 0. The summed E-state index contributed by atoms with van der Waals surface area (Å²) < 4.78 is 58.9. The van der Waals surface area contributed by atoms with Crippen molar-refractivity contribution in [3.63, 3.8) is 0 Å². The van der Waals surface area contributed by atoms with Crippen LogP contribution in [-0.2, 0) is 4.79 Å². The second-order valence-corrected chi connectivity index (χ2v) is 4.52. The maximum atomic E-state index is 13.6. The van der Waals surface area contributed by atoms with Crippen LogP contribution in [-0.4, -0.2) is 20.1 Å². The minimum Gasteiger partial charge on any atom is -0.420 e. The Bertz CT molecular complexity index is 512. The maximum Gasteiger partial charge on any atom is 0.314 e. The number of hydrogen-bond donors (Lipinski definition) is 0. The number of ether oxygens (including phenoxy) is 1. The molecule has 0 unspecified atom stereocenters. The normalized spacial score (nSPS) is 14.4. The zero-order valence-corrected chi connectivity index (χ0v) is 10.3. The average Bonchev–Trinajstić information content (AvgIpc) is 3.15. The highest BCUT2D eigenvalue weighted by atomic mass is 19.2. The van der Waals surface area contributed by atoms with Gasteiger partial charge in [0, 0.05) is 14.1 Å². The Labute approximate surface area is 106 Å². The summed E-state index contributed by atoms with van der Waals surface area (Å²) in [5.74, 6) is -9.26. The van der Waals surface area contributed by atoms with Crippen molar-refractivity contribution in [2.45, 2.75) is 12.8 Å². The fourth-order valence-corrected chi connectivity index (χ4v) is 1.59. The van der Waals surface area contributed by atoms with Crippen LogP contribution in [0.4, 0.5) is 23.2 Å². The summed E-state index contributed by atoms with van der Waals surface area (Å²) in [6.45, 7) is 0. The van der Waals surface area contributed by atoms with E-state index in [-0.39, 0.29) is 0 Å². The number of benzene rings is 1. The Balaban J connectivity index is 2.46. The van der Waals surface area contributed by atoms with Gasteiger partial charge in [0.1, 0.15) is 5.69 Å². The van der Waals surface area contributed by atoms with E-state index in [1.54, 1.807) is 0 Å². The predicted octanol–water partition coefficient (Wildman–Crippen LogP) is 2.62. The van der Waals surface area contributed by atoms with Crippen LogP contribution in [0.2, 0.25) is 0 Å². The largest absolute Gasteiger partial charge is 0.420 e. The summed E-state index contributed by atoms with van der Waals surface area (Å²) in [7, 11) is 2.46. The topological polar surface area (TPSA) is 29.5 Å². The number of carbonyl (C=O) groups excluding carboxylic acids is 1. The van der Waals surface area contributed by atoms with Crippen LogP contribution >= 0.6 is 0 Å². The van der Waals surface area contributed by atoms with E-state index < -0.39 is 46.6 Å². The van der Waals surface area contributed by atoms with Crippen molar-refractivity contribution >= 4 is 11.7 Å². The quantitative estimate of drug-likeness (QED) is 0.368. The van der Waals surface area contributed by atoms with Gasteiger partial charge in [0.2, 0.25) is 17.4 Å². The molecule has 0 heterocycles. The molecule has 19 heavy (non-hydrogen) atoms. The van der Waals surface area contributed by atoms with Crippen molar-refractivity contribution in [3.8, 4) is 5.75 Å². The van der Waals surface area contributed by atoms with Crippen molar-refractivity contribution in [2.75, 3.05) is 19.0 Å². The third-order valence-corrected chi connectivity index (χ3v) is 2.76. The predicted molar refractivity (Wildman–Crippen MR) is 59.0 cm³/mol. The molecule has 1 fully saturated rings. The van der Waals surface area contributed by atoms with Gasteiger partial charge in [0.25, 0.3) is 0 Å². The first-order valence-electron chi connectivity index (χ1n) is 5.59. The van der Waals surface area contributed by atoms with Crippen LogP contribution in [0.15, 0.2) is 0 Å². The van der Waals surface area contributed by atoms with E-state index in [1.807, 2.05) is 0 Å². The molecule has 1 saturated carbocycles. The molecule has 104 valence electrons. The summed E-state index contributed by atoms with van der Waals surface area (Å²) in [6, 6.07) is 0. The highest BCUT2D eigenvalue weighted by molar-refractivity contribution is 5.77. The molecule has 1 aliphatic rings. The van der Waals surface area contributed by atoms with E-state index in [0.717, 1.165) is 4.90 Å².